The molecule has 140 valence electrons. The molecule has 0 aliphatic rings. The first-order valence-corrected chi connectivity index (χ1v) is 9.64. The molecular formula is C18H18N3O5P. The Bertz CT molecular complexity index is 938. The van der Waals surface area contributed by atoms with E-state index < -0.39 is 19.3 Å². The molecule has 1 aromatic heterocycles. The van der Waals surface area contributed by atoms with E-state index in [-0.39, 0.29) is 11.8 Å². The van der Waals surface area contributed by atoms with Gasteiger partial charge >= 0.3 is 7.60 Å². The molecular weight excluding hydrogens is 369 g/mol. The van der Waals surface area contributed by atoms with Crippen LogP contribution in [0, 0.1) is 0 Å². The van der Waals surface area contributed by atoms with Crippen LogP contribution in [0.4, 0.5) is 0 Å². The molecule has 1 heterocycles. The first-order valence-electron chi connectivity index (χ1n) is 8.03. The number of nitrogens with one attached hydrogen (secondary N) is 1. The van der Waals surface area contributed by atoms with Crippen molar-refractivity contribution in [2.24, 2.45) is 0 Å². The van der Waals surface area contributed by atoms with E-state index in [0.29, 0.717) is 11.1 Å². The molecule has 0 fully saturated rings. The Morgan fingerprint density at radius 3 is 2.19 bits per heavy atom. The van der Waals surface area contributed by atoms with E-state index in [0.717, 1.165) is 0 Å². The van der Waals surface area contributed by atoms with Crippen LogP contribution < -0.4 is 5.32 Å². The minimum Gasteiger partial charge on any atom is -0.418 e. The van der Waals surface area contributed by atoms with Gasteiger partial charge in [0.1, 0.15) is 0 Å². The topological polar surface area (TPSA) is 104 Å². The van der Waals surface area contributed by atoms with Gasteiger partial charge in [0, 0.05) is 25.3 Å². The summed E-state index contributed by atoms with van der Waals surface area (Å²) in [5.41, 5.74) is 1.07. The lowest BCUT2D eigenvalue weighted by molar-refractivity contribution is 0.0935. The molecule has 0 aliphatic heterocycles. The third kappa shape index (κ3) is 4.14. The fourth-order valence-corrected chi connectivity index (χ4v) is 3.62. The molecule has 0 saturated carbocycles. The lowest BCUT2D eigenvalue weighted by Crippen LogP contribution is -2.29. The average Bonchev–Trinajstić information content (AvgIpc) is 3.22. The second kappa shape index (κ2) is 8.26. The molecule has 27 heavy (non-hydrogen) atoms. The molecule has 1 atom stereocenters. The first-order chi connectivity index (χ1) is 13.1. The van der Waals surface area contributed by atoms with E-state index in [1.807, 2.05) is 18.2 Å². The highest BCUT2D eigenvalue weighted by atomic mass is 31.2. The highest BCUT2D eigenvalue weighted by molar-refractivity contribution is 7.54. The standard InChI is InChI=1S/C18H18N3O5P/c1-24-27(23,25-2)18(19-15(22)13-9-5-3-6-10-13)17-21-20-16(26-17)14-11-7-4-8-12-14/h3-12,18H,1-2H3,(H,19,22). The molecule has 0 saturated heterocycles. The Morgan fingerprint density at radius 2 is 1.59 bits per heavy atom. The van der Waals surface area contributed by atoms with Crippen molar-refractivity contribution in [2.75, 3.05) is 14.2 Å². The van der Waals surface area contributed by atoms with Crippen LogP contribution in [-0.4, -0.2) is 30.3 Å². The number of nitrogens with zero attached hydrogens (tertiary/aromatic N) is 2. The monoisotopic (exact) mass is 387 g/mol. The second-order valence-electron chi connectivity index (χ2n) is 5.46. The Hall–Kier alpha value is -2.80. The lowest BCUT2D eigenvalue weighted by Gasteiger charge is -2.22. The molecule has 1 amide bonds. The fourth-order valence-electron chi connectivity index (χ4n) is 2.40. The number of carbonyl (C=O) groups excluding carboxylic acids is 1. The molecule has 1 N–H and O–H groups in total. The van der Waals surface area contributed by atoms with E-state index in [9.17, 15) is 9.36 Å². The smallest absolute Gasteiger partial charge is 0.361 e. The fraction of sp³-hybridized carbons (Fsp3) is 0.167. The van der Waals surface area contributed by atoms with Gasteiger partial charge in [0.15, 0.2) is 0 Å². The number of aromatic nitrogens is 2. The SMILES string of the molecule is COP(=O)(OC)C(NC(=O)c1ccccc1)c1nnc(-c2ccccc2)o1. The second-order valence-corrected chi connectivity index (χ2v) is 7.78. The predicted molar refractivity (Wildman–Crippen MR) is 98.0 cm³/mol. The number of benzene rings is 2. The van der Waals surface area contributed by atoms with Gasteiger partial charge in [-0.15, -0.1) is 10.2 Å². The summed E-state index contributed by atoms with van der Waals surface area (Å²) in [6, 6.07) is 17.6. The Labute approximate surface area is 156 Å². The van der Waals surface area contributed by atoms with E-state index in [1.54, 1.807) is 42.5 Å². The number of hydrogen-bond donors (Lipinski definition) is 1. The molecule has 8 nitrogen and oxygen atoms in total. The quantitative estimate of drug-likeness (QED) is 0.617. The first kappa shape index (κ1) is 19.0. The number of rotatable bonds is 7. The summed E-state index contributed by atoms with van der Waals surface area (Å²) in [6.45, 7) is 0. The van der Waals surface area contributed by atoms with Crippen molar-refractivity contribution in [2.45, 2.75) is 5.78 Å². The maximum Gasteiger partial charge on any atom is 0.361 e. The lowest BCUT2D eigenvalue weighted by atomic mass is 10.2. The van der Waals surface area contributed by atoms with Gasteiger partial charge in [-0.2, -0.15) is 0 Å². The van der Waals surface area contributed by atoms with Gasteiger partial charge in [-0.25, -0.2) is 0 Å². The van der Waals surface area contributed by atoms with Crippen molar-refractivity contribution < 1.29 is 22.8 Å². The van der Waals surface area contributed by atoms with Gasteiger partial charge in [-0.1, -0.05) is 36.4 Å². The molecule has 1 unspecified atom stereocenters. The molecule has 3 rings (SSSR count). The van der Waals surface area contributed by atoms with Crippen LogP contribution in [0.1, 0.15) is 22.0 Å². The summed E-state index contributed by atoms with van der Waals surface area (Å²) in [5, 5.41) is 10.5. The number of hydrogen-bond acceptors (Lipinski definition) is 7. The highest BCUT2D eigenvalue weighted by Gasteiger charge is 2.41. The van der Waals surface area contributed by atoms with Gasteiger partial charge in [-0.05, 0) is 24.3 Å². The summed E-state index contributed by atoms with van der Waals surface area (Å²) in [6.07, 6.45) is 0. The van der Waals surface area contributed by atoms with Crippen LogP contribution in [0.3, 0.4) is 0 Å². The van der Waals surface area contributed by atoms with Crippen LogP contribution >= 0.6 is 7.60 Å². The van der Waals surface area contributed by atoms with Crippen molar-refractivity contribution in [1.29, 1.82) is 0 Å². The van der Waals surface area contributed by atoms with E-state index in [1.165, 1.54) is 14.2 Å². The third-order valence-corrected chi connectivity index (χ3v) is 5.82. The Balaban J connectivity index is 1.95. The van der Waals surface area contributed by atoms with Crippen molar-refractivity contribution in [3.8, 4) is 11.5 Å². The third-order valence-electron chi connectivity index (χ3n) is 3.82. The zero-order chi connectivity index (χ0) is 19.3. The van der Waals surface area contributed by atoms with Crippen LogP contribution in [0.2, 0.25) is 0 Å². The molecule has 0 spiro atoms. The maximum absolute atomic E-state index is 13.0. The van der Waals surface area contributed by atoms with Gasteiger partial charge in [0.25, 0.3) is 11.8 Å². The van der Waals surface area contributed by atoms with E-state index in [4.69, 9.17) is 13.5 Å². The zero-order valence-electron chi connectivity index (χ0n) is 14.7. The van der Waals surface area contributed by atoms with Crippen molar-refractivity contribution in [3.63, 3.8) is 0 Å². The predicted octanol–water partition coefficient (Wildman–Crippen LogP) is 3.65. The average molecular weight is 387 g/mol. The summed E-state index contributed by atoms with van der Waals surface area (Å²) in [4.78, 5) is 12.6. The highest BCUT2D eigenvalue weighted by Crippen LogP contribution is 2.58. The molecule has 2 aromatic carbocycles. The van der Waals surface area contributed by atoms with Crippen LogP contribution in [0.25, 0.3) is 11.5 Å². The minimum absolute atomic E-state index is 0.0785. The van der Waals surface area contributed by atoms with Crippen LogP contribution in [0.15, 0.2) is 65.1 Å². The minimum atomic E-state index is -3.79. The molecule has 9 heteroatoms. The summed E-state index contributed by atoms with van der Waals surface area (Å²) in [7, 11) is -1.35. The van der Waals surface area contributed by atoms with E-state index >= 15 is 0 Å². The molecule has 0 bridgehead atoms. The number of amides is 1. The molecule has 0 radical (unpaired) electrons. The van der Waals surface area contributed by atoms with Gasteiger partial charge in [0.05, 0.1) is 0 Å². The Morgan fingerprint density at radius 1 is 1.00 bits per heavy atom. The van der Waals surface area contributed by atoms with Crippen molar-refractivity contribution in [1.82, 2.24) is 15.5 Å². The molecule has 3 aromatic rings. The van der Waals surface area contributed by atoms with Gasteiger partial charge in [0.2, 0.25) is 11.7 Å². The largest absolute Gasteiger partial charge is 0.418 e. The van der Waals surface area contributed by atoms with Crippen molar-refractivity contribution in [3.05, 3.63) is 72.1 Å². The van der Waals surface area contributed by atoms with Crippen LogP contribution in [-0.2, 0) is 13.6 Å². The zero-order valence-corrected chi connectivity index (χ0v) is 15.6. The van der Waals surface area contributed by atoms with Crippen LogP contribution in [0.5, 0.6) is 0 Å². The van der Waals surface area contributed by atoms with E-state index in [2.05, 4.69) is 15.5 Å². The van der Waals surface area contributed by atoms with Gasteiger partial charge in [-0.3, -0.25) is 9.36 Å². The summed E-state index contributed by atoms with van der Waals surface area (Å²) in [5.74, 6) is -1.59. The maximum atomic E-state index is 13.0. The molecule has 0 aliphatic carbocycles. The summed E-state index contributed by atoms with van der Waals surface area (Å²) >= 11 is 0. The Kier molecular flexibility index (Phi) is 5.81. The van der Waals surface area contributed by atoms with Gasteiger partial charge < -0.3 is 18.8 Å². The normalized spacial score (nSPS) is 12.5. The number of carbonyl (C=O) groups is 1. The van der Waals surface area contributed by atoms with Crippen molar-refractivity contribution >= 4 is 13.5 Å². The summed E-state index contributed by atoms with van der Waals surface area (Å²) < 4.78 is 28.7.